The highest BCUT2D eigenvalue weighted by Crippen LogP contribution is 2.17. The number of nitrogens with zero attached hydrogens (tertiary/aromatic N) is 2. The van der Waals surface area contributed by atoms with Crippen molar-refractivity contribution >= 4 is 16.8 Å². The largest absolute Gasteiger partial charge is 0.361 e. The number of H-pyrrole nitrogens is 1. The van der Waals surface area contributed by atoms with Crippen LogP contribution in [-0.4, -0.2) is 53.4 Å². The molecule has 0 bridgehead atoms. The van der Waals surface area contributed by atoms with E-state index in [1.54, 1.807) is 0 Å². The van der Waals surface area contributed by atoms with Crippen molar-refractivity contribution in [2.45, 2.75) is 19.3 Å². The van der Waals surface area contributed by atoms with Crippen molar-refractivity contribution in [3.8, 4) is 0 Å². The first-order valence-corrected chi connectivity index (χ1v) is 9.92. The molecule has 2 aromatic carbocycles. The third-order valence-corrected chi connectivity index (χ3v) is 5.46. The Morgan fingerprint density at radius 1 is 0.963 bits per heavy atom. The van der Waals surface area contributed by atoms with Crippen LogP contribution in [0.4, 0.5) is 0 Å². The summed E-state index contributed by atoms with van der Waals surface area (Å²) in [6.45, 7) is 4.81. The minimum atomic E-state index is 0.157. The van der Waals surface area contributed by atoms with Crippen molar-refractivity contribution < 1.29 is 4.79 Å². The molecular weight excluding hydrogens is 334 g/mol. The molecule has 27 heavy (non-hydrogen) atoms. The molecule has 4 nitrogen and oxygen atoms in total. The zero-order chi connectivity index (χ0) is 18.5. The fourth-order valence-electron chi connectivity index (χ4n) is 3.92. The average Bonchev–Trinajstić information content (AvgIpc) is 3.05. The summed E-state index contributed by atoms with van der Waals surface area (Å²) in [5.41, 5.74) is 3.27. The average molecular weight is 361 g/mol. The molecule has 0 saturated carbocycles. The van der Waals surface area contributed by atoms with Crippen LogP contribution >= 0.6 is 0 Å². The van der Waals surface area contributed by atoms with Crippen molar-refractivity contribution in [2.24, 2.45) is 0 Å². The van der Waals surface area contributed by atoms with Gasteiger partial charge in [-0.3, -0.25) is 4.79 Å². The second-order valence-corrected chi connectivity index (χ2v) is 7.36. The Morgan fingerprint density at radius 2 is 1.85 bits per heavy atom. The van der Waals surface area contributed by atoms with Gasteiger partial charge in [-0.2, -0.15) is 0 Å². The second kappa shape index (κ2) is 8.40. The van der Waals surface area contributed by atoms with Crippen molar-refractivity contribution in [3.63, 3.8) is 0 Å². The summed E-state index contributed by atoms with van der Waals surface area (Å²) in [4.78, 5) is 20.6. The summed E-state index contributed by atoms with van der Waals surface area (Å²) >= 11 is 0. The van der Waals surface area contributed by atoms with Gasteiger partial charge in [0.25, 0.3) is 5.91 Å². The van der Waals surface area contributed by atoms with Crippen molar-refractivity contribution in [2.75, 3.05) is 32.7 Å². The highest BCUT2D eigenvalue weighted by Gasteiger charge is 2.20. The van der Waals surface area contributed by atoms with Crippen LogP contribution in [0.25, 0.3) is 10.9 Å². The maximum absolute atomic E-state index is 12.9. The SMILES string of the molecule is O=C(c1ccc2[nH]ccc2c1)N1CCCN(CCCc2ccccc2)CC1. The summed E-state index contributed by atoms with van der Waals surface area (Å²) in [7, 11) is 0. The van der Waals surface area contributed by atoms with Crippen LogP contribution in [0.3, 0.4) is 0 Å². The fourth-order valence-corrected chi connectivity index (χ4v) is 3.92. The summed E-state index contributed by atoms with van der Waals surface area (Å²) in [5, 5.41) is 1.10. The van der Waals surface area contributed by atoms with E-state index in [9.17, 15) is 4.79 Å². The number of carbonyl (C=O) groups is 1. The molecule has 1 aliphatic rings. The number of rotatable bonds is 5. The Hall–Kier alpha value is -2.59. The summed E-state index contributed by atoms with van der Waals surface area (Å²) in [5.74, 6) is 0.157. The zero-order valence-corrected chi connectivity index (χ0v) is 15.7. The van der Waals surface area contributed by atoms with Gasteiger partial charge in [0.05, 0.1) is 0 Å². The predicted octanol–water partition coefficient (Wildman–Crippen LogP) is 3.95. The Morgan fingerprint density at radius 3 is 2.74 bits per heavy atom. The molecule has 0 spiro atoms. The first-order chi connectivity index (χ1) is 13.3. The molecule has 4 heteroatoms. The van der Waals surface area contributed by atoms with E-state index in [2.05, 4.69) is 40.2 Å². The molecule has 1 fully saturated rings. The highest BCUT2D eigenvalue weighted by atomic mass is 16.2. The number of nitrogens with one attached hydrogen (secondary N) is 1. The Labute approximate surface area is 160 Å². The summed E-state index contributed by atoms with van der Waals surface area (Å²) in [6.07, 6.45) is 5.25. The van der Waals surface area contributed by atoms with Crippen molar-refractivity contribution in [1.82, 2.24) is 14.8 Å². The van der Waals surface area contributed by atoms with Crippen LogP contribution in [0.5, 0.6) is 0 Å². The molecule has 140 valence electrons. The van der Waals surface area contributed by atoms with Crippen LogP contribution in [0.15, 0.2) is 60.8 Å². The van der Waals surface area contributed by atoms with Crippen LogP contribution < -0.4 is 0 Å². The molecular formula is C23H27N3O. The van der Waals surface area contributed by atoms with Gasteiger partial charge in [-0.05, 0) is 62.2 Å². The summed E-state index contributed by atoms with van der Waals surface area (Å²) < 4.78 is 0. The van der Waals surface area contributed by atoms with E-state index < -0.39 is 0 Å². The van der Waals surface area contributed by atoms with Gasteiger partial charge in [0.1, 0.15) is 0 Å². The highest BCUT2D eigenvalue weighted by molar-refractivity contribution is 5.98. The number of aromatic nitrogens is 1. The molecule has 0 aliphatic carbocycles. The first-order valence-electron chi connectivity index (χ1n) is 9.92. The lowest BCUT2D eigenvalue weighted by Gasteiger charge is -2.22. The van der Waals surface area contributed by atoms with Gasteiger partial charge < -0.3 is 14.8 Å². The van der Waals surface area contributed by atoms with Gasteiger partial charge in [0.15, 0.2) is 0 Å². The fraction of sp³-hybridized carbons (Fsp3) is 0.348. The maximum Gasteiger partial charge on any atom is 0.253 e. The minimum Gasteiger partial charge on any atom is -0.361 e. The van der Waals surface area contributed by atoms with Crippen LogP contribution in [0.1, 0.15) is 28.8 Å². The van der Waals surface area contributed by atoms with Crippen molar-refractivity contribution in [1.29, 1.82) is 0 Å². The normalized spacial score (nSPS) is 15.8. The van der Waals surface area contributed by atoms with E-state index in [0.29, 0.717) is 0 Å². The molecule has 0 radical (unpaired) electrons. The van der Waals surface area contributed by atoms with Gasteiger partial charge >= 0.3 is 0 Å². The molecule has 3 aromatic rings. The molecule has 1 N–H and O–H groups in total. The number of fused-ring (bicyclic) bond motifs is 1. The number of hydrogen-bond donors (Lipinski definition) is 1. The number of amides is 1. The van der Waals surface area contributed by atoms with E-state index in [-0.39, 0.29) is 5.91 Å². The second-order valence-electron chi connectivity index (χ2n) is 7.36. The Kier molecular flexibility index (Phi) is 5.54. The van der Waals surface area contributed by atoms with E-state index in [0.717, 1.165) is 62.0 Å². The van der Waals surface area contributed by atoms with Gasteiger partial charge in [0, 0.05) is 42.3 Å². The number of aryl methyl sites for hydroxylation is 1. The van der Waals surface area contributed by atoms with Gasteiger partial charge in [-0.15, -0.1) is 0 Å². The number of aromatic amines is 1. The molecule has 0 atom stereocenters. The standard InChI is InChI=1S/C23H27N3O/c27-23(21-9-10-22-20(18-21)11-12-24-22)26-15-5-14-25(16-17-26)13-4-8-19-6-2-1-3-7-19/h1-3,6-7,9-12,18,24H,4-5,8,13-17H2. The molecule has 4 rings (SSSR count). The molecule has 1 saturated heterocycles. The molecule has 2 heterocycles. The minimum absolute atomic E-state index is 0.157. The Balaban J connectivity index is 1.30. The van der Waals surface area contributed by atoms with E-state index in [4.69, 9.17) is 0 Å². The van der Waals surface area contributed by atoms with Crippen LogP contribution in [0, 0.1) is 0 Å². The summed E-state index contributed by atoms with van der Waals surface area (Å²) in [6, 6.07) is 18.6. The quantitative estimate of drug-likeness (QED) is 0.747. The Bertz CT molecular complexity index is 887. The maximum atomic E-state index is 12.9. The lowest BCUT2D eigenvalue weighted by molar-refractivity contribution is 0.0761. The third kappa shape index (κ3) is 4.40. The van der Waals surface area contributed by atoms with Gasteiger partial charge in [-0.1, -0.05) is 30.3 Å². The predicted molar refractivity (Wildman–Crippen MR) is 110 cm³/mol. The van der Waals surface area contributed by atoms with Crippen LogP contribution in [-0.2, 0) is 6.42 Å². The first kappa shape index (κ1) is 17.8. The van der Waals surface area contributed by atoms with Crippen LogP contribution in [0.2, 0.25) is 0 Å². The lowest BCUT2D eigenvalue weighted by Crippen LogP contribution is -2.35. The zero-order valence-electron chi connectivity index (χ0n) is 15.7. The lowest BCUT2D eigenvalue weighted by atomic mass is 10.1. The third-order valence-electron chi connectivity index (χ3n) is 5.46. The number of hydrogen-bond acceptors (Lipinski definition) is 2. The molecule has 0 unspecified atom stereocenters. The van der Waals surface area contributed by atoms with Gasteiger partial charge in [-0.25, -0.2) is 0 Å². The number of carbonyl (C=O) groups excluding carboxylic acids is 1. The van der Waals surface area contributed by atoms with E-state index in [1.807, 2.05) is 35.4 Å². The molecule has 1 amide bonds. The van der Waals surface area contributed by atoms with E-state index >= 15 is 0 Å². The number of benzene rings is 2. The monoisotopic (exact) mass is 361 g/mol. The molecule has 1 aliphatic heterocycles. The van der Waals surface area contributed by atoms with Gasteiger partial charge in [0.2, 0.25) is 0 Å². The van der Waals surface area contributed by atoms with Crippen molar-refractivity contribution in [3.05, 3.63) is 71.9 Å². The topological polar surface area (TPSA) is 39.3 Å². The smallest absolute Gasteiger partial charge is 0.253 e. The van der Waals surface area contributed by atoms with E-state index in [1.165, 1.54) is 12.0 Å². The molecule has 1 aromatic heterocycles.